The quantitative estimate of drug-likeness (QED) is 0.492. The number of furan rings is 1. The first-order valence-electron chi connectivity index (χ1n) is 7.05. The van der Waals surface area contributed by atoms with Gasteiger partial charge in [-0.3, -0.25) is 0 Å². The van der Waals surface area contributed by atoms with E-state index in [1.165, 1.54) is 44.7 Å². The van der Waals surface area contributed by atoms with Crippen LogP contribution in [0.15, 0.2) is 21.7 Å². The van der Waals surface area contributed by atoms with E-state index < -0.39 is 0 Å². The zero-order valence-corrected chi connectivity index (χ0v) is 10.5. The van der Waals surface area contributed by atoms with Crippen molar-refractivity contribution in [1.82, 2.24) is 0 Å². The molecule has 0 radical (unpaired) electrons. The van der Waals surface area contributed by atoms with Gasteiger partial charge in [-0.25, -0.2) is 0 Å². The summed E-state index contributed by atoms with van der Waals surface area (Å²) in [5, 5.41) is 11.6. The predicted octanol–water partition coefficient (Wildman–Crippen LogP) is 3.56. The van der Waals surface area contributed by atoms with Gasteiger partial charge in [0.15, 0.2) is 0 Å². The van der Waals surface area contributed by atoms with E-state index in [4.69, 9.17) is 9.62 Å². The number of oxime groups is 1. The van der Waals surface area contributed by atoms with Crippen LogP contribution in [-0.4, -0.2) is 11.4 Å². The largest absolute Gasteiger partial charge is 0.459 e. The molecular formula is C15H19NO2. The molecule has 1 heterocycles. The molecule has 5 rings (SSSR count). The van der Waals surface area contributed by atoms with Gasteiger partial charge in [0.1, 0.15) is 17.7 Å². The maximum Gasteiger partial charge on any atom is 0.148 e. The highest BCUT2D eigenvalue weighted by molar-refractivity contribution is 5.75. The Hall–Kier alpha value is -1.25. The molecule has 4 fully saturated rings. The zero-order chi connectivity index (χ0) is 12.2. The normalized spacial score (nSPS) is 41.9. The second-order valence-corrected chi connectivity index (χ2v) is 6.64. The van der Waals surface area contributed by atoms with Crippen LogP contribution in [0.3, 0.4) is 0 Å². The molecule has 0 saturated heterocycles. The first kappa shape index (κ1) is 10.7. The standard InChI is InChI=1S/C15H19NO2/c17-16-9-13-1-2-14(18-13)15-6-10-3-11(7-15)5-12(4-10)8-15/h1-2,9-12,17H,3-8H2. The first-order valence-corrected chi connectivity index (χ1v) is 7.05. The summed E-state index contributed by atoms with van der Waals surface area (Å²) in [6.45, 7) is 0. The van der Waals surface area contributed by atoms with E-state index >= 15 is 0 Å². The molecule has 96 valence electrons. The number of hydrogen-bond acceptors (Lipinski definition) is 3. The Morgan fingerprint density at radius 1 is 1.11 bits per heavy atom. The van der Waals surface area contributed by atoms with E-state index in [0.29, 0.717) is 11.2 Å². The van der Waals surface area contributed by atoms with E-state index in [9.17, 15) is 0 Å². The summed E-state index contributed by atoms with van der Waals surface area (Å²) in [7, 11) is 0. The van der Waals surface area contributed by atoms with Crippen LogP contribution in [0, 0.1) is 17.8 Å². The fourth-order valence-corrected chi connectivity index (χ4v) is 5.18. The summed E-state index contributed by atoms with van der Waals surface area (Å²) in [6.07, 6.45) is 9.65. The molecule has 3 heteroatoms. The Kier molecular flexibility index (Phi) is 2.14. The fourth-order valence-electron chi connectivity index (χ4n) is 5.18. The van der Waals surface area contributed by atoms with Crippen molar-refractivity contribution in [3.63, 3.8) is 0 Å². The Balaban J connectivity index is 1.70. The van der Waals surface area contributed by atoms with Gasteiger partial charge in [-0.15, -0.1) is 0 Å². The van der Waals surface area contributed by atoms with Crippen LogP contribution in [0.2, 0.25) is 0 Å². The molecule has 4 aliphatic rings. The minimum atomic E-state index is 0.302. The molecule has 0 spiro atoms. The average Bonchev–Trinajstić information content (AvgIpc) is 2.77. The SMILES string of the molecule is ON=Cc1ccc(C23CC4CC(CC(C4)C2)C3)o1. The van der Waals surface area contributed by atoms with Crippen molar-refractivity contribution in [1.29, 1.82) is 0 Å². The lowest BCUT2D eigenvalue weighted by Gasteiger charge is -2.55. The van der Waals surface area contributed by atoms with Gasteiger partial charge in [-0.1, -0.05) is 5.16 Å². The smallest absolute Gasteiger partial charge is 0.148 e. The van der Waals surface area contributed by atoms with Crippen LogP contribution in [0.1, 0.15) is 50.0 Å². The highest BCUT2D eigenvalue weighted by Gasteiger charge is 2.53. The van der Waals surface area contributed by atoms with Crippen LogP contribution in [0.25, 0.3) is 0 Å². The molecule has 4 aliphatic carbocycles. The second kappa shape index (κ2) is 3.62. The molecule has 0 amide bonds. The third-order valence-corrected chi connectivity index (χ3v) is 5.37. The highest BCUT2D eigenvalue weighted by Crippen LogP contribution is 2.60. The average molecular weight is 245 g/mol. The van der Waals surface area contributed by atoms with Crippen molar-refractivity contribution in [3.8, 4) is 0 Å². The van der Waals surface area contributed by atoms with Crippen LogP contribution < -0.4 is 0 Å². The Labute approximate surface area is 107 Å². The van der Waals surface area contributed by atoms with Gasteiger partial charge in [0, 0.05) is 5.41 Å². The van der Waals surface area contributed by atoms with E-state index in [2.05, 4.69) is 11.2 Å². The maximum atomic E-state index is 8.57. The maximum absolute atomic E-state index is 8.57. The Bertz CT molecular complexity index is 453. The van der Waals surface area contributed by atoms with Gasteiger partial charge in [0.05, 0.1) is 0 Å². The number of hydrogen-bond donors (Lipinski definition) is 1. The van der Waals surface area contributed by atoms with Gasteiger partial charge < -0.3 is 9.62 Å². The van der Waals surface area contributed by atoms with E-state index in [1.54, 1.807) is 0 Å². The van der Waals surface area contributed by atoms with Gasteiger partial charge in [0.25, 0.3) is 0 Å². The predicted molar refractivity (Wildman–Crippen MR) is 67.9 cm³/mol. The van der Waals surface area contributed by atoms with Crippen LogP contribution in [0.4, 0.5) is 0 Å². The molecule has 18 heavy (non-hydrogen) atoms. The van der Waals surface area contributed by atoms with Crippen molar-refractivity contribution in [3.05, 3.63) is 23.7 Å². The molecule has 4 saturated carbocycles. The first-order chi connectivity index (χ1) is 8.77. The molecule has 0 aromatic carbocycles. The summed E-state index contributed by atoms with van der Waals surface area (Å²) in [4.78, 5) is 0. The van der Waals surface area contributed by atoms with Gasteiger partial charge in [0.2, 0.25) is 0 Å². The minimum Gasteiger partial charge on any atom is -0.459 e. The molecule has 0 atom stereocenters. The molecule has 0 unspecified atom stereocenters. The third-order valence-electron chi connectivity index (χ3n) is 5.37. The zero-order valence-electron chi connectivity index (χ0n) is 10.5. The Morgan fingerprint density at radius 3 is 2.28 bits per heavy atom. The van der Waals surface area contributed by atoms with E-state index in [0.717, 1.165) is 23.5 Å². The highest BCUT2D eigenvalue weighted by atomic mass is 16.4. The Morgan fingerprint density at radius 2 is 1.72 bits per heavy atom. The molecule has 3 nitrogen and oxygen atoms in total. The van der Waals surface area contributed by atoms with Crippen molar-refractivity contribution >= 4 is 6.21 Å². The molecule has 1 aromatic rings. The summed E-state index contributed by atoms with van der Waals surface area (Å²) in [5.41, 5.74) is 0.302. The van der Waals surface area contributed by atoms with E-state index in [1.807, 2.05) is 6.07 Å². The third kappa shape index (κ3) is 1.46. The summed E-state index contributed by atoms with van der Waals surface area (Å²) >= 11 is 0. The topological polar surface area (TPSA) is 45.7 Å². The molecule has 0 aliphatic heterocycles. The lowest BCUT2D eigenvalue weighted by Crippen LogP contribution is -2.48. The van der Waals surface area contributed by atoms with E-state index in [-0.39, 0.29) is 0 Å². The van der Waals surface area contributed by atoms with Crippen molar-refractivity contribution in [2.75, 3.05) is 0 Å². The van der Waals surface area contributed by atoms with Gasteiger partial charge in [-0.05, 0) is 68.4 Å². The van der Waals surface area contributed by atoms with Crippen molar-refractivity contribution in [2.45, 2.75) is 43.9 Å². The molecule has 4 bridgehead atoms. The second-order valence-electron chi connectivity index (χ2n) is 6.64. The molecule has 1 N–H and O–H groups in total. The summed E-state index contributed by atoms with van der Waals surface area (Å²) in [6, 6.07) is 4.03. The number of nitrogens with zero attached hydrogens (tertiary/aromatic N) is 1. The monoisotopic (exact) mass is 245 g/mol. The molecular weight excluding hydrogens is 226 g/mol. The van der Waals surface area contributed by atoms with Crippen molar-refractivity contribution < 1.29 is 9.62 Å². The van der Waals surface area contributed by atoms with Crippen LogP contribution >= 0.6 is 0 Å². The minimum absolute atomic E-state index is 0.302. The van der Waals surface area contributed by atoms with Gasteiger partial charge in [-0.2, -0.15) is 0 Å². The lowest BCUT2D eigenvalue weighted by atomic mass is 9.49. The fraction of sp³-hybridized carbons (Fsp3) is 0.667. The van der Waals surface area contributed by atoms with Gasteiger partial charge >= 0.3 is 0 Å². The lowest BCUT2D eigenvalue weighted by molar-refractivity contribution is -0.0152. The number of rotatable bonds is 2. The summed E-state index contributed by atoms with van der Waals surface area (Å²) in [5.74, 6) is 4.59. The summed E-state index contributed by atoms with van der Waals surface area (Å²) < 4.78 is 5.90. The molecule has 1 aromatic heterocycles. The van der Waals surface area contributed by atoms with Crippen molar-refractivity contribution in [2.24, 2.45) is 22.9 Å². The van der Waals surface area contributed by atoms with Crippen LogP contribution in [-0.2, 0) is 5.41 Å². The van der Waals surface area contributed by atoms with Crippen LogP contribution in [0.5, 0.6) is 0 Å².